The number of rotatable bonds is 5. The summed E-state index contributed by atoms with van der Waals surface area (Å²) in [6.07, 6.45) is 0.885. The average Bonchev–Trinajstić information content (AvgIpc) is 3.23. The summed E-state index contributed by atoms with van der Waals surface area (Å²) in [5.74, 6) is 1.55. The van der Waals surface area contributed by atoms with Crippen LogP contribution in [0.15, 0.2) is 47.6 Å². The van der Waals surface area contributed by atoms with Crippen LogP contribution < -0.4 is 14.8 Å². The number of fused-ring (bicyclic) bond motifs is 1. The third kappa shape index (κ3) is 3.32. The van der Waals surface area contributed by atoms with Gasteiger partial charge in [-0.2, -0.15) is 0 Å². The molecule has 0 amide bonds. The first-order valence-corrected chi connectivity index (χ1v) is 8.34. The van der Waals surface area contributed by atoms with E-state index in [2.05, 4.69) is 16.5 Å². The van der Waals surface area contributed by atoms with E-state index in [9.17, 15) is 0 Å². The summed E-state index contributed by atoms with van der Waals surface area (Å²) in [5, 5.41) is 7.22. The normalized spacial score (nSPS) is 18.4. The molecule has 4 rings (SSSR count). The number of hydrogen-bond donors (Lipinski definition) is 1. The highest BCUT2D eigenvalue weighted by Crippen LogP contribution is 2.33. The molecule has 2 aliphatic rings. The van der Waals surface area contributed by atoms with Crippen LogP contribution in [-0.4, -0.2) is 25.2 Å². The van der Waals surface area contributed by atoms with Crippen molar-refractivity contribution in [2.24, 2.45) is 5.16 Å². The summed E-state index contributed by atoms with van der Waals surface area (Å²) in [4.78, 5) is 5.56. The molecule has 0 bridgehead atoms. The lowest BCUT2D eigenvalue weighted by Crippen LogP contribution is -2.84. The minimum atomic E-state index is 0.0876. The maximum atomic E-state index is 6.00. The molecule has 0 spiro atoms. The Bertz CT molecular complexity index is 779. The van der Waals surface area contributed by atoms with Crippen LogP contribution in [0.2, 0.25) is 5.02 Å². The maximum absolute atomic E-state index is 6.00. The van der Waals surface area contributed by atoms with Gasteiger partial charge in [0.1, 0.15) is 13.1 Å². The standard InChI is InChI=1S/C18H17ClN2O3/c19-14-3-1-2-12(6-14)9-20-10-15-8-16(21-24-15)13-4-5-17-18(7-13)23-11-22-17/h1-7,15,20H,8-11H2/p+1/t15-/m0/s1. The Morgan fingerprint density at radius 1 is 1.12 bits per heavy atom. The number of hydrogen-bond acceptors (Lipinski definition) is 4. The molecule has 2 heterocycles. The van der Waals surface area contributed by atoms with Gasteiger partial charge >= 0.3 is 0 Å². The first-order valence-electron chi connectivity index (χ1n) is 7.97. The molecule has 124 valence electrons. The van der Waals surface area contributed by atoms with Crippen LogP contribution >= 0.6 is 11.6 Å². The first-order chi connectivity index (χ1) is 11.8. The molecular weight excluding hydrogens is 328 g/mol. The Morgan fingerprint density at radius 2 is 2.04 bits per heavy atom. The molecule has 2 aromatic carbocycles. The zero-order valence-corrected chi connectivity index (χ0v) is 13.8. The Balaban J connectivity index is 1.30. The van der Waals surface area contributed by atoms with E-state index in [1.807, 2.05) is 36.4 Å². The van der Waals surface area contributed by atoms with Crippen molar-refractivity contribution in [2.75, 3.05) is 13.3 Å². The van der Waals surface area contributed by atoms with Crippen LogP contribution in [-0.2, 0) is 11.4 Å². The van der Waals surface area contributed by atoms with E-state index in [4.69, 9.17) is 25.9 Å². The van der Waals surface area contributed by atoms with Crippen LogP contribution in [0.3, 0.4) is 0 Å². The summed E-state index contributed by atoms with van der Waals surface area (Å²) < 4.78 is 10.7. The molecule has 24 heavy (non-hydrogen) atoms. The molecule has 2 N–H and O–H groups in total. The Morgan fingerprint density at radius 3 is 2.96 bits per heavy atom. The van der Waals surface area contributed by atoms with Gasteiger partial charge in [-0.25, -0.2) is 0 Å². The number of nitrogens with two attached hydrogens (primary N) is 1. The zero-order chi connectivity index (χ0) is 16.4. The second kappa shape index (κ2) is 6.71. The zero-order valence-electron chi connectivity index (χ0n) is 13.1. The lowest BCUT2D eigenvalue weighted by Gasteiger charge is -2.07. The van der Waals surface area contributed by atoms with Crippen LogP contribution in [0.25, 0.3) is 0 Å². The maximum Gasteiger partial charge on any atom is 0.231 e. The molecule has 2 aromatic rings. The molecular formula is C18H18ClN2O3+. The fourth-order valence-corrected chi connectivity index (χ4v) is 3.11. The van der Waals surface area contributed by atoms with E-state index in [1.165, 1.54) is 5.56 Å². The molecule has 0 radical (unpaired) electrons. The van der Waals surface area contributed by atoms with Gasteiger partial charge in [-0.3, -0.25) is 0 Å². The molecule has 0 unspecified atom stereocenters. The lowest BCUT2D eigenvalue weighted by atomic mass is 10.0. The summed E-state index contributed by atoms with van der Waals surface area (Å²) in [7, 11) is 0. The second-order valence-electron chi connectivity index (χ2n) is 5.90. The monoisotopic (exact) mass is 345 g/mol. The molecule has 6 heteroatoms. The minimum absolute atomic E-state index is 0.0876. The molecule has 0 fully saturated rings. The van der Waals surface area contributed by atoms with Crippen molar-refractivity contribution < 1.29 is 19.6 Å². The Kier molecular flexibility index (Phi) is 4.28. The van der Waals surface area contributed by atoms with Crippen molar-refractivity contribution in [2.45, 2.75) is 19.1 Å². The van der Waals surface area contributed by atoms with Gasteiger partial charge in [0.25, 0.3) is 0 Å². The van der Waals surface area contributed by atoms with Crippen molar-refractivity contribution in [1.29, 1.82) is 0 Å². The molecule has 1 atom stereocenters. The van der Waals surface area contributed by atoms with Crippen molar-refractivity contribution in [3.63, 3.8) is 0 Å². The van der Waals surface area contributed by atoms with Crippen LogP contribution in [0.4, 0.5) is 0 Å². The van der Waals surface area contributed by atoms with Crippen LogP contribution in [0.1, 0.15) is 17.5 Å². The van der Waals surface area contributed by atoms with Crippen molar-refractivity contribution in [3.05, 3.63) is 58.6 Å². The highest BCUT2D eigenvalue weighted by Gasteiger charge is 2.25. The topological polar surface area (TPSA) is 56.7 Å². The predicted molar refractivity (Wildman–Crippen MR) is 90.5 cm³/mol. The molecule has 2 aliphatic heterocycles. The van der Waals surface area contributed by atoms with E-state index in [0.717, 1.165) is 47.3 Å². The van der Waals surface area contributed by atoms with Crippen molar-refractivity contribution >= 4 is 17.3 Å². The van der Waals surface area contributed by atoms with E-state index < -0.39 is 0 Å². The smallest absolute Gasteiger partial charge is 0.231 e. The Hall–Kier alpha value is -2.24. The van der Waals surface area contributed by atoms with E-state index in [1.54, 1.807) is 0 Å². The average molecular weight is 346 g/mol. The number of halogens is 1. The summed E-state index contributed by atoms with van der Waals surface area (Å²) in [5.41, 5.74) is 3.18. The summed E-state index contributed by atoms with van der Waals surface area (Å²) in [6, 6.07) is 13.8. The van der Waals surface area contributed by atoms with Crippen molar-refractivity contribution in [1.82, 2.24) is 0 Å². The van der Waals surface area contributed by atoms with E-state index >= 15 is 0 Å². The third-order valence-corrected chi connectivity index (χ3v) is 4.37. The van der Waals surface area contributed by atoms with Gasteiger partial charge in [0, 0.05) is 22.6 Å². The molecule has 0 aliphatic carbocycles. The predicted octanol–water partition coefficient (Wildman–Crippen LogP) is 2.33. The number of quaternary nitrogens is 1. The highest BCUT2D eigenvalue weighted by atomic mass is 35.5. The third-order valence-electron chi connectivity index (χ3n) is 4.14. The highest BCUT2D eigenvalue weighted by molar-refractivity contribution is 6.30. The van der Waals surface area contributed by atoms with Crippen molar-refractivity contribution in [3.8, 4) is 11.5 Å². The first kappa shape index (κ1) is 15.3. The van der Waals surface area contributed by atoms with Gasteiger partial charge in [0.2, 0.25) is 6.79 Å². The molecule has 0 saturated heterocycles. The molecule has 0 aromatic heterocycles. The SMILES string of the molecule is Clc1cccc(C[NH2+]C[C@@H]2CC(c3ccc4c(c3)OCO4)=NO2)c1. The Labute approximate surface area is 145 Å². The number of benzene rings is 2. The van der Waals surface area contributed by atoms with Gasteiger partial charge in [-0.05, 0) is 30.3 Å². The fourth-order valence-electron chi connectivity index (χ4n) is 2.90. The van der Waals surface area contributed by atoms with E-state index in [-0.39, 0.29) is 12.9 Å². The number of nitrogens with zero attached hydrogens (tertiary/aromatic N) is 1. The van der Waals surface area contributed by atoms with Gasteiger partial charge in [-0.1, -0.05) is 28.9 Å². The van der Waals surface area contributed by atoms with Crippen LogP contribution in [0.5, 0.6) is 11.5 Å². The van der Waals surface area contributed by atoms with Gasteiger partial charge < -0.3 is 19.6 Å². The lowest BCUT2D eigenvalue weighted by molar-refractivity contribution is -0.676. The molecule has 5 nitrogen and oxygen atoms in total. The molecule has 0 saturated carbocycles. The largest absolute Gasteiger partial charge is 0.454 e. The summed E-state index contributed by atoms with van der Waals surface area (Å²) >= 11 is 6.00. The number of oxime groups is 1. The minimum Gasteiger partial charge on any atom is -0.454 e. The summed E-state index contributed by atoms with van der Waals surface area (Å²) in [6.45, 7) is 2.01. The van der Waals surface area contributed by atoms with Gasteiger partial charge in [0.05, 0.1) is 5.71 Å². The van der Waals surface area contributed by atoms with E-state index in [0.29, 0.717) is 0 Å². The quantitative estimate of drug-likeness (QED) is 0.904. The fraction of sp³-hybridized carbons (Fsp3) is 0.278. The second-order valence-corrected chi connectivity index (χ2v) is 6.33. The van der Waals surface area contributed by atoms with Gasteiger partial charge in [-0.15, -0.1) is 0 Å². The number of ether oxygens (including phenoxy) is 2. The van der Waals surface area contributed by atoms with Gasteiger partial charge in [0.15, 0.2) is 17.6 Å². The van der Waals surface area contributed by atoms with Crippen LogP contribution in [0, 0.1) is 0 Å².